The Balaban J connectivity index is 2.73. The summed E-state index contributed by atoms with van der Waals surface area (Å²) < 4.78 is 12.2. The third-order valence-electron chi connectivity index (χ3n) is 2.50. The van der Waals surface area contributed by atoms with E-state index in [2.05, 4.69) is 0 Å². The van der Waals surface area contributed by atoms with Crippen molar-refractivity contribution in [2.45, 2.75) is 13.8 Å². The Bertz CT molecular complexity index is 602. The van der Waals surface area contributed by atoms with Gasteiger partial charge in [-0.05, 0) is 13.0 Å². The van der Waals surface area contributed by atoms with Crippen molar-refractivity contribution in [2.24, 2.45) is 0 Å². The smallest absolute Gasteiger partial charge is 0.424 e. The first-order chi connectivity index (χ1) is 8.13. The van der Waals surface area contributed by atoms with Gasteiger partial charge in [0.25, 0.3) is 5.69 Å². The summed E-state index contributed by atoms with van der Waals surface area (Å²) in [6, 6.07) is 8.79. The van der Waals surface area contributed by atoms with Gasteiger partial charge in [0.05, 0.1) is 20.1 Å². The molecule has 1 heterocycles. The van der Waals surface area contributed by atoms with Crippen LogP contribution in [0.15, 0.2) is 39.5 Å². The lowest BCUT2D eigenvalue weighted by Crippen LogP contribution is -2.49. The molecule has 1 aromatic heterocycles. The first-order valence-electron chi connectivity index (χ1n) is 5.30. The van der Waals surface area contributed by atoms with Gasteiger partial charge in [-0.3, -0.25) is 0 Å². The Morgan fingerprint density at radius 1 is 1.24 bits per heavy atom. The molecule has 0 aliphatic carbocycles. The normalized spacial score (nSPS) is 10.3. The molecule has 4 heteroatoms. The monoisotopic (exact) mass is 232 g/mol. The minimum absolute atomic E-state index is 0.129. The van der Waals surface area contributed by atoms with E-state index < -0.39 is 0 Å². The van der Waals surface area contributed by atoms with Crippen LogP contribution in [0.25, 0.3) is 5.69 Å². The number of aryl methyl sites for hydroxylation is 2. The van der Waals surface area contributed by atoms with Crippen LogP contribution in [0.2, 0.25) is 0 Å². The SMILES string of the molecule is COc1ccccc1-[n+]1c(C)oc(C)cc1=O. The predicted molar refractivity (Wildman–Crippen MR) is 62.5 cm³/mol. The fraction of sp³-hybridized carbons (Fsp3) is 0.231. The van der Waals surface area contributed by atoms with Crippen LogP contribution >= 0.6 is 0 Å². The van der Waals surface area contributed by atoms with E-state index in [1.165, 1.54) is 10.6 Å². The molecule has 0 aliphatic heterocycles. The fourth-order valence-corrected chi connectivity index (χ4v) is 1.80. The lowest BCUT2D eigenvalue weighted by atomic mass is 10.3. The average Bonchev–Trinajstić information content (AvgIpc) is 2.28. The first kappa shape index (κ1) is 11.4. The van der Waals surface area contributed by atoms with Crippen LogP contribution in [0.3, 0.4) is 0 Å². The Labute approximate surface area is 99.1 Å². The quantitative estimate of drug-likeness (QED) is 0.738. The van der Waals surface area contributed by atoms with Crippen LogP contribution in [0.5, 0.6) is 5.75 Å². The molecule has 1 aromatic carbocycles. The summed E-state index contributed by atoms with van der Waals surface area (Å²) in [6.45, 7) is 3.50. The second-order valence-electron chi connectivity index (χ2n) is 3.72. The highest BCUT2D eigenvalue weighted by Crippen LogP contribution is 2.16. The molecule has 0 bridgehead atoms. The largest absolute Gasteiger partial charge is 0.490 e. The number of hydrogen-bond acceptors (Lipinski definition) is 3. The van der Waals surface area contributed by atoms with Crippen molar-refractivity contribution in [3.05, 3.63) is 52.3 Å². The molecule has 0 saturated heterocycles. The molecule has 17 heavy (non-hydrogen) atoms. The lowest BCUT2D eigenvalue weighted by Gasteiger charge is -2.03. The summed E-state index contributed by atoms with van der Waals surface area (Å²) in [4.78, 5) is 12.0. The number of methoxy groups -OCH3 is 1. The molecule has 0 saturated carbocycles. The minimum Gasteiger partial charge on any atom is -0.490 e. The van der Waals surface area contributed by atoms with Crippen LogP contribution < -0.4 is 14.9 Å². The van der Waals surface area contributed by atoms with Crippen LogP contribution in [0, 0.1) is 13.8 Å². The summed E-state index contributed by atoms with van der Waals surface area (Å²) in [5.74, 6) is 1.76. The third-order valence-corrected chi connectivity index (χ3v) is 2.50. The van der Waals surface area contributed by atoms with E-state index >= 15 is 0 Å². The molecular weight excluding hydrogens is 218 g/mol. The Morgan fingerprint density at radius 2 is 1.94 bits per heavy atom. The number of para-hydroxylation sites is 2. The second kappa shape index (κ2) is 4.41. The van der Waals surface area contributed by atoms with Crippen LogP contribution in [0.4, 0.5) is 0 Å². The summed E-state index contributed by atoms with van der Waals surface area (Å²) >= 11 is 0. The van der Waals surface area contributed by atoms with Crippen molar-refractivity contribution < 1.29 is 13.7 Å². The molecule has 0 N–H and O–H groups in total. The van der Waals surface area contributed by atoms with Gasteiger partial charge in [-0.15, -0.1) is 0 Å². The van der Waals surface area contributed by atoms with E-state index in [0.717, 1.165) is 0 Å². The number of benzene rings is 1. The Hall–Kier alpha value is -2.10. The van der Waals surface area contributed by atoms with Gasteiger partial charge >= 0.3 is 11.4 Å². The molecule has 0 amide bonds. The zero-order valence-electron chi connectivity index (χ0n) is 10.1. The number of nitrogens with zero attached hydrogens (tertiary/aromatic N) is 1. The minimum atomic E-state index is -0.129. The highest BCUT2D eigenvalue weighted by atomic mass is 16.5. The van der Waals surface area contributed by atoms with Crippen LogP contribution in [0.1, 0.15) is 11.7 Å². The van der Waals surface area contributed by atoms with Crippen molar-refractivity contribution in [2.75, 3.05) is 7.11 Å². The number of hydrogen-bond donors (Lipinski definition) is 0. The number of aromatic nitrogens is 1. The zero-order valence-corrected chi connectivity index (χ0v) is 10.1. The highest BCUT2D eigenvalue weighted by molar-refractivity contribution is 5.39. The molecule has 0 spiro atoms. The predicted octanol–water partition coefficient (Wildman–Crippen LogP) is 1.54. The average molecular weight is 232 g/mol. The van der Waals surface area contributed by atoms with E-state index in [-0.39, 0.29) is 5.56 Å². The van der Waals surface area contributed by atoms with Gasteiger partial charge in [-0.1, -0.05) is 16.7 Å². The van der Waals surface area contributed by atoms with Gasteiger partial charge in [0.15, 0.2) is 5.75 Å². The number of rotatable bonds is 2. The Morgan fingerprint density at radius 3 is 2.59 bits per heavy atom. The van der Waals surface area contributed by atoms with E-state index in [1.807, 2.05) is 18.2 Å². The Kier molecular flexibility index (Phi) is 2.95. The van der Waals surface area contributed by atoms with Gasteiger partial charge in [-0.2, -0.15) is 0 Å². The summed E-state index contributed by atoms with van der Waals surface area (Å²) in [5.41, 5.74) is 0.553. The third kappa shape index (κ3) is 2.06. The van der Waals surface area contributed by atoms with Gasteiger partial charge < -0.3 is 9.15 Å². The van der Waals surface area contributed by atoms with Gasteiger partial charge in [0.2, 0.25) is 0 Å². The van der Waals surface area contributed by atoms with E-state index in [0.29, 0.717) is 23.1 Å². The standard InChI is InChI=1S/C13H14NO3/c1-9-8-13(15)14(10(2)17-9)11-6-4-5-7-12(11)16-3/h4-8H,1-3H3/q+1. The van der Waals surface area contributed by atoms with Gasteiger partial charge in [0.1, 0.15) is 5.76 Å². The molecule has 2 rings (SSSR count). The summed E-state index contributed by atoms with van der Waals surface area (Å²) in [7, 11) is 1.57. The number of ether oxygens (including phenoxy) is 1. The molecule has 0 radical (unpaired) electrons. The molecule has 2 aromatic rings. The van der Waals surface area contributed by atoms with Crippen molar-refractivity contribution in [3.63, 3.8) is 0 Å². The van der Waals surface area contributed by atoms with E-state index in [1.54, 1.807) is 27.0 Å². The summed E-state index contributed by atoms with van der Waals surface area (Å²) in [5, 5.41) is 0. The molecule has 0 aliphatic rings. The fourth-order valence-electron chi connectivity index (χ4n) is 1.80. The van der Waals surface area contributed by atoms with E-state index in [9.17, 15) is 4.79 Å². The van der Waals surface area contributed by atoms with Crippen LogP contribution in [-0.2, 0) is 0 Å². The van der Waals surface area contributed by atoms with Crippen molar-refractivity contribution in [1.29, 1.82) is 0 Å². The van der Waals surface area contributed by atoms with E-state index in [4.69, 9.17) is 9.15 Å². The van der Waals surface area contributed by atoms with Crippen molar-refractivity contribution >= 4 is 0 Å². The molecule has 0 atom stereocenters. The van der Waals surface area contributed by atoms with Crippen LogP contribution in [-0.4, -0.2) is 7.11 Å². The molecule has 4 nitrogen and oxygen atoms in total. The molecule has 0 unspecified atom stereocenters. The first-order valence-corrected chi connectivity index (χ1v) is 5.30. The molecular formula is C13H14NO3+. The lowest BCUT2D eigenvalue weighted by molar-refractivity contribution is -0.631. The second-order valence-corrected chi connectivity index (χ2v) is 3.72. The van der Waals surface area contributed by atoms with Gasteiger partial charge in [0, 0.05) is 6.07 Å². The highest BCUT2D eigenvalue weighted by Gasteiger charge is 2.21. The van der Waals surface area contributed by atoms with Crippen molar-refractivity contribution in [3.8, 4) is 11.4 Å². The topological polar surface area (TPSA) is 43.3 Å². The maximum Gasteiger partial charge on any atom is 0.424 e. The molecule has 0 fully saturated rings. The maximum absolute atomic E-state index is 12.0. The molecule has 88 valence electrons. The zero-order chi connectivity index (χ0) is 12.4. The van der Waals surface area contributed by atoms with Gasteiger partial charge in [-0.25, -0.2) is 4.79 Å². The maximum atomic E-state index is 12.0. The summed E-state index contributed by atoms with van der Waals surface area (Å²) in [6.07, 6.45) is 0. The van der Waals surface area contributed by atoms with Crippen molar-refractivity contribution in [1.82, 2.24) is 0 Å².